The third kappa shape index (κ3) is 3.09. The van der Waals surface area contributed by atoms with Gasteiger partial charge in [-0.1, -0.05) is 36.8 Å². The fraction of sp³-hybridized carbons (Fsp3) is 0.529. The van der Waals surface area contributed by atoms with Crippen LogP contribution < -0.4 is 0 Å². The van der Waals surface area contributed by atoms with E-state index in [1.165, 1.54) is 5.56 Å². The highest BCUT2D eigenvalue weighted by Crippen LogP contribution is 2.33. The maximum absolute atomic E-state index is 12.4. The fourth-order valence-corrected chi connectivity index (χ4v) is 3.12. The number of amides is 1. The van der Waals surface area contributed by atoms with Gasteiger partial charge in [0.1, 0.15) is 5.54 Å². The Bertz CT molecular complexity index is 523. The minimum Gasteiger partial charge on any atom is -0.479 e. The third-order valence-corrected chi connectivity index (χ3v) is 4.52. The van der Waals surface area contributed by atoms with Crippen molar-refractivity contribution in [2.45, 2.75) is 51.5 Å². The van der Waals surface area contributed by atoms with Crippen LogP contribution in [0.15, 0.2) is 24.3 Å². The number of likely N-dealkylation sites (tertiary alicyclic amines) is 1. The Kier molecular flexibility index (Phi) is 4.66. The van der Waals surface area contributed by atoms with E-state index in [4.69, 9.17) is 0 Å². The second-order valence-electron chi connectivity index (χ2n) is 5.82. The Morgan fingerprint density at radius 1 is 1.29 bits per heavy atom. The predicted octanol–water partition coefficient (Wildman–Crippen LogP) is 2.78. The molecule has 2 rings (SSSR count). The van der Waals surface area contributed by atoms with Gasteiger partial charge in [0.25, 0.3) is 0 Å². The second-order valence-corrected chi connectivity index (χ2v) is 5.82. The number of carbonyl (C=O) groups is 2. The average molecular weight is 289 g/mol. The molecule has 1 saturated heterocycles. The fourth-order valence-electron chi connectivity index (χ4n) is 3.12. The molecule has 0 bridgehead atoms. The molecule has 1 aliphatic heterocycles. The van der Waals surface area contributed by atoms with Crippen LogP contribution in [0.5, 0.6) is 0 Å². The first-order valence-corrected chi connectivity index (χ1v) is 7.59. The summed E-state index contributed by atoms with van der Waals surface area (Å²) < 4.78 is 0. The van der Waals surface area contributed by atoms with Crippen LogP contribution in [0.4, 0.5) is 0 Å². The monoisotopic (exact) mass is 289 g/mol. The van der Waals surface area contributed by atoms with E-state index in [-0.39, 0.29) is 5.91 Å². The average Bonchev–Trinajstić information content (AvgIpc) is 2.91. The van der Waals surface area contributed by atoms with Crippen LogP contribution in [0.2, 0.25) is 0 Å². The molecule has 1 atom stereocenters. The zero-order chi connectivity index (χ0) is 15.5. The number of nitrogens with zero attached hydrogens (tertiary/aromatic N) is 1. The number of carboxylic acids is 1. The SMILES string of the molecule is CCC1(C(=O)O)CCCN1C(=O)CCc1ccc(C)cc1. The van der Waals surface area contributed by atoms with Crippen molar-refractivity contribution in [2.75, 3.05) is 6.54 Å². The molecule has 1 aliphatic rings. The first-order chi connectivity index (χ1) is 9.99. The lowest BCUT2D eigenvalue weighted by Crippen LogP contribution is -2.52. The largest absolute Gasteiger partial charge is 0.479 e. The molecule has 0 aliphatic carbocycles. The molecule has 0 spiro atoms. The molecule has 1 amide bonds. The Morgan fingerprint density at radius 3 is 2.52 bits per heavy atom. The molecule has 0 aromatic heterocycles. The van der Waals surface area contributed by atoms with Gasteiger partial charge in [-0.15, -0.1) is 0 Å². The summed E-state index contributed by atoms with van der Waals surface area (Å²) in [7, 11) is 0. The Balaban J connectivity index is 2.02. The second kappa shape index (κ2) is 6.29. The summed E-state index contributed by atoms with van der Waals surface area (Å²) in [6.07, 6.45) is 2.84. The molecule has 4 nitrogen and oxygen atoms in total. The molecular weight excluding hydrogens is 266 g/mol. The molecule has 0 saturated carbocycles. The molecule has 21 heavy (non-hydrogen) atoms. The third-order valence-electron chi connectivity index (χ3n) is 4.52. The minimum absolute atomic E-state index is 0.0441. The summed E-state index contributed by atoms with van der Waals surface area (Å²) in [6.45, 7) is 4.44. The van der Waals surface area contributed by atoms with Crippen LogP contribution in [0, 0.1) is 6.92 Å². The van der Waals surface area contributed by atoms with E-state index >= 15 is 0 Å². The van der Waals surface area contributed by atoms with Crippen LogP contribution in [0.25, 0.3) is 0 Å². The van der Waals surface area contributed by atoms with Crippen LogP contribution in [-0.4, -0.2) is 34.0 Å². The van der Waals surface area contributed by atoms with Gasteiger partial charge in [0, 0.05) is 13.0 Å². The van der Waals surface area contributed by atoms with E-state index in [0.717, 1.165) is 12.0 Å². The van der Waals surface area contributed by atoms with Crippen molar-refractivity contribution in [3.8, 4) is 0 Å². The van der Waals surface area contributed by atoms with Crippen LogP contribution in [0.1, 0.15) is 43.7 Å². The maximum Gasteiger partial charge on any atom is 0.329 e. The molecule has 4 heteroatoms. The van der Waals surface area contributed by atoms with E-state index in [2.05, 4.69) is 0 Å². The van der Waals surface area contributed by atoms with Gasteiger partial charge in [-0.05, 0) is 38.2 Å². The van der Waals surface area contributed by atoms with E-state index in [1.54, 1.807) is 4.90 Å². The lowest BCUT2D eigenvalue weighted by Gasteiger charge is -2.34. The van der Waals surface area contributed by atoms with Gasteiger partial charge >= 0.3 is 5.97 Å². The molecule has 1 N–H and O–H groups in total. The summed E-state index contributed by atoms with van der Waals surface area (Å²) in [4.78, 5) is 25.6. The molecule has 1 fully saturated rings. The van der Waals surface area contributed by atoms with Crippen molar-refractivity contribution in [3.63, 3.8) is 0 Å². The number of aliphatic carboxylic acids is 1. The van der Waals surface area contributed by atoms with Crippen molar-refractivity contribution in [1.82, 2.24) is 4.90 Å². The van der Waals surface area contributed by atoms with Crippen molar-refractivity contribution in [1.29, 1.82) is 0 Å². The summed E-state index contributed by atoms with van der Waals surface area (Å²) in [6, 6.07) is 8.11. The Labute approximate surface area is 125 Å². The quantitative estimate of drug-likeness (QED) is 0.906. The molecule has 1 aromatic carbocycles. The van der Waals surface area contributed by atoms with E-state index in [0.29, 0.717) is 32.2 Å². The van der Waals surface area contributed by atoms with Gasteiger partial charge in [-0.3, -0.25) is 4.79 Å². The van der Waals surface area contributed by atoms with Crippen LogP contribution >= 0.6 is 0 Å². The van der Waals surface area contributed by atoms with Crippen molar-refractivity contribution >= 4 is 11.9 Å². The first kappa shape index (κ1) is 15.5. The highest BCUT2D eigenvalue weighted by atomic mass is 16.4. The van der Waals surface area contributed by atoms with Gasteiger partial charge in [0.2, 0.25) is 5.91 Å². The summed E-state index contributed by atoms with van der Waals surface area (Å²) in [5, 5.41) is 9.50. The number of hydrogen-bond donors (Lipinski definition) is 1. The normalized spacial score (nSPS) is 21.5. The van der Waals surface area contributed by atoms with E-state index < -0.39 is 11.5 Å². The zero-order valence-electron chi connectivity index (χ0n) is 12.8. The predicted molar refractivity (Wildman–Crippen MR) is 81.1 cm³/mol. The van der Waals surface area contributed by atoms with Gasteiger partial charge in [0.05, 0.1) is 0 Å². The number of carboxylic acid groups (broad SMARTS) is 1. The number of hydrogen-bond acceptors (Lipinski definition) is 2. The van der Waals surface area contributed by atoms with Crippen molar-refractivity contribution < 1.29 is 14.7 Å². The zero-order valence-corrected chi connectivity index (χ0v) is 12.8. The lowest BCUT2D eigenvalue weighted by atomic mass is 9.92. The molecule has 1 aromatic rings. The summed E-state index contributed by atoms with van der Waals surface area (Å²) >= 11 is 0. The molecule has 1 unspecified atom stereocenters. The summed E-state index contributed by atoms with van der Waals surface area (Å²) in [5.41, 5.74) is 1.33. The highest BCUT2D eigenvalue weighted by molar-refractivity contribution is 5.87. The molecule has 114 valence electrons. The topological polar surface area (TPSA) is 57.6 Å². The molecule has 1 heterocycles. The van der Waals surface area contributed by atoms with E-state index in [1.807, 2.05) is 38.1 Å². The van der Waals surface area contributed by atoms with Crippen molar-refractivity contribution in [2.24, 2.45) is 0 Å². The van der Waals surface area contributed by atoms with E-state index in [9.17, 15) is 14.7 Å². The van der Waals surface area contributed by atoms with Gasteiger partial charge in [-0.2, -0.15) is 0 Å². The minimum atomic E-state index is -0.982. The number of carbonyl (C=O) groups excluding carboxylic acids is 1. The van der Waals surface area contributed by atoms with Crippen LogP contribution in [-0.2, 0) is 16.0 Å². The van der Waals surface area contributed by atoms with Gasteiger partial charge in [-0.25, -0.2) is 4.79 Å². The highest BCUT2D eigenvalue weighted by Gasteiger charge is 2.48. The molecule has 0 radical (unpaired) electrons. The Morgan fingerprint density at radius 2 is 1.95 bits per heavy atom. The number of aryl methyl sites for hydroxylation is 2. The van der Waals surface area contributed by atoms with Gasteiger partial charge < -0.3 is 10.0 Å². The number of rotatable bonds is 5. The lowest BCUT2D eigenvalue weighted by molar-refractivity contribution is -0.156. The molecular formula is C17H23NO3. The standard InChI is InChI=1S/C17H23NO3/c1-3-17(16(20)21)11-4-12-18(17)15(19)10-9-14-7-5-13(2)6-8-14/h5-8H,3-4,9-12H2,1-2H3,(H,20,21). The smallest absolute Gasteiger partial charge is 0.329 e. The first-order valence-electron chi connectivity index (χ1n) is 7.59. The number of benzene rings is 1. The Hall–Kier alpha value is -1.84. The van der Waals surface area contributed by atoms with Crippen molar-refractivity contribution in [3.05, 3.63) is 35.4 Å². The van der Waals surface area contributed by atoms with Crippen LogP contribution in [0.3, 0.4) is 0 Å². The summed E-state index contributed by atoms with van der Waals surface area (Å²) in [5.74, 6) is -0.913. The maximum atomic E-state index is 12.4. The van der Waals surface area contributed by atoms with Gasteiger partial charge in [0.15, 0.2) is 0 Å².